The molecule has 7 nitrogen and oxygen atoms in total. The van der Waals surface area contributed by atoms with Crippen molar-refractivity contribution in [2.24, 2.45) is 0 Å². The highest BCUT2D eigenvalue weighted by Gasteiger charge is 2.30. The van der Waals surface area contributed by atoms with Gasteiger partial charge in [-0.1, -0.05) is 0 Å². The minimum Gasteiger partial charge on any atom is -0.498 e. The highest BCUT2D eigenvalue weighted by atomic mass is 16.5. The Hall–Kier alpha value is -2.31. The molecule has 24 heavy (non-hydrogen) atoms. The molecule has 2 aliphatic rings. The van der Waals surface area contributed by atoms with E-state index < -0.39 is 0 Å². The van der Waals surface area contributed by atoms with E-state index in [0.29, 0.717) is 18.8 Å². The molecule has 2 aliphatic heterocycles. The Kier molecular flexibility index (Phi) is 4.87. The van der Waals surface area contributed by atoms with Crippen molar-refractivity contribution in [3.05, 3.63) is 23.2 Å². The van der Waals surface area contributed by atoms with Gasteiger partial charge in [0, 0.05) is 25.9 Å². The Morgan fingerprint density at radius 1 is 1.42 bits per heavy atom. The molecule has 1 aromatic rings. The second kappa shape index (κ2) is 7.07. The Balaban J connectivity index is 1.74. The fourth-order valence-electron chi connectivity index (χ4n) is 3.48. The number of H-pyrrole nitrogens is 1. The zero-order valence-electron chi connectivity index (χ0n) is 14.2. The molecule has 1 saturated heterocycles. The molecule has 1 aromatic heterocycles. The first-order valence-corrected chi connectivity index (χ1v) is 8.49. The second-order valence-corrected chi connectivity index (χ2v) is 6.46. The highest BCUT2D eigenvalue weighted by Crippen LogP contribution is 2.32. The number of aromatic amines is 1. The summed E-state index contributed by atoms with van der Waals surface area (Å²) >= 11 is 0. The van der Waals surface area contributed by atoms with Crippen molar-refractivity contribution < 1.29 is 14.3 Å². The third-order valence-corrected chi connectivity index (χ3v) is 4.67. The number of hydrogen-bond donors (Lipinski definition) is 2. The summed E-state index contributed by atoms with van der Waals surface area (Å²) in [6.45, 7) is 5.43. The predicted octanol–water partition coefficient (Wildman–Crippen LogP) is 2.16. The lowest BCUT2D eigenvalue weighted by atomic mass is 9.93. The summed E-state index contributed by atoms with van der Waals surface area (Å²) in [5, 5.41) is 9.84. The van der Waals surface area contributed by atoms with Crippen LogP contribution in [0.4, 0.5) is 5.69 Å². The zero-order chi connectivity index (χ0) is 17.1. The van der Waals surface area contributed by atoms with Gasteiger partial charge in [-0.3, -0.25) is 14.7 Å². The average molecular weight is 332 g/mol. The number of ether oxygens (including phenoxy) is 1. The van der Waals surface area contributed by atoms with Crippen molar-refractivity contribution >= 4 is 17.5 Å². The van der Waals surface area contributed by atoms with Crippen molar-refractivity contribution in [1.82, 2.24) is 15.1 Å². The first kappa shape index (κ1) is 16.5. The van der Waals surface area contributed by atoms with Crippen LogP contribution in [0.2, 0.25) is 0 Å². The maximum Gasteiger partial charge on any atom is 0.253 e. The lowest BCUT2D eigenvalue weighted by Crippen LogP contribution is -2.40. The molecular formula is C17H24N4O3. The summed E-state index contributed by atoms with van der Waals surface area (Å²) in [4.78, 5) is 26.1. The van der Waals surface area contributed by atoms with Gasteiger partial charge in [-0.25, -0.2) is 0 Å². The number of anilines is 1. The number of piperidine rings is 1. The van der Waals surface area contributed by atoms with E-state index in [4.69, 9.17) is 4.74 Å². The van der Waals surface area contributed by atoms with Crippen LogP contribution in [0.15, 0.2) is 17.5 Å². The minimum absolute atomic E-state index is 0.0810. The van der Waals surface area contributed by atoms with Crippen molar-refractivity contribution in [2.45, 2.75) is 45.4 Å². The second-order valence-electron chi connectivity index (χ2n) is 6.46. The smallest absolute Gasteiger partial charge is 0.253 e. The largest absolute Gasteiger partial charge is 0.498 e. The number of nitrogens with one attached hydrogen (secondary N) is 2. The zero-order valence-corrected chi connectivity index (χ0v) is 14.2. The van der Waals surface area contributed by atoms with Crippen LogP contribution in [-0.2, 0) is 14.3 Å². The molecule has 2 N–H and O–H groups in total. The van der Waals surface area contributed by atoms with Crippen molar-refractivity contribution in [3.8, 4) is 0 Å². The summed E-state index contributed by atoms with van der Waals surface area (Å²) < 4.78 is 5.53. The monoisotopic (exact) mass is 332 g/mol. The van der Waals surface area contributed by atoms with E-state index in [1.165, 1.54) is 6.92 Å². The number of nitrogens with zero attached hydrogens (tertiary/aromatic N) is 2. The summed E-state index contributed by atoms with van der Waals surface area (Å²) in [7, 11) is 0. The molecule has 130 valence electrons. The van der Waals surface area contributed by atoms with Gasteiger partial charge in [0.1, 0.15) is 5.76 Å². The summed E-state index contributed by atoms with van der Waals surface area (Å²) in [5.41, 5.74) is 2.40. The van der Waals surface area contributed by atoms with E-state index in [1.807, 2.05) is 11.8 Å². The van der Waals surface area contributed by atoms with Gasteiger partial charge in [0.2, 0.25) is 5.91 Å². The number of carbonyl (C=O) groups is 2. The molecule has 2 amide bonds. The van der Waals surface area contributed by atoms with Gasteiger partial charge >= 0.3 is 0 Å². The molecule has 3 rings (SSSR count). The SMILES string of the molecule is CC(=O)Nc1cn[nH]c1C1CCCN(C(=O)C2=C(C)OCCC2)C1. The number of rotatable bonds is 3. The lowest BCUT2D eigenvalue weighted by molar-refractivity contribution is -0.129. The first-order chi connectivity index (χ1) is 11.6. The van der Waals surface area contributed by atoms with Crippen LogP contribution in [-0.4, -0.2) is 46.6 Å². The summed E-state index contributed by atoms with van der Waals surface area (Å²) in [6.07, 6.45) is 5.20. The molecular weight excluding hydrogens is 308 g/mol. The standard InChI is InChI=1S/C17H24N4O3/c1-11-14(6-4-8-24-11)17(23)21-7-3-5-13(10-21)16-15(9-18-20-16)19-12(2)22/h9,13H,3-8,10H2,1-2H3,(H,18,20)(H,19,22). The molecule has 7 heteroatoms. The summed E-state index contributed by atoms with van der Waals surface area (Å²) in [5.74, 6) is 0.866. The van der Waals surface area contributed by atoms with E-state index in [2.05, 4.69) is 15.5 Å². The molecule has 3 heterocycles. The molecule has 0 aliphatic carbocycles. The molecule has 1 atom stereocenters. The van der Waals surface area contributed by atoms with E-state index in [0.717, 1.165) is 49.3 Å². The van der Waals surface area contributed by atoms with Gasteiger partial charge in [0.15, 0.2) is 0 Å². The van der Waals surface area contributed by atoms with E-state index in [-0.39, 0.29) is 17.7 Å². The summed E-state index contributed by atoms with van der Waals surface area (Å²) in [6, 6.07) is 0. The van der Waals surface area contributed by atoms with Gasteiger partial charge in [-0.15, -0.1) is 0 Å². The fraction of sp³-hybridized carbons (Fsp3) is 0.588. The molecule has 1 unspecified atom stereocenters. The van der Waals surface area contributed by atoms with Gasteiger partial charge in [-0.05, 0) is 32.6 Å². The number of allylic oxidation sites excluding steroid dienone is 1. The van der Waals surface area contributed by atoms with Gasteiger partial charge in [-0.2, -0.15) is 5.10 Å². The van der Waals surface area contributed by atoms with Crippen molar-refractivity contribution in [2.75, 3.05) is 25.0 Å². The van der Waals surface area contributed by atoms with Crippen LogP contribution < -0.4 is 5.32 Å². The van der Waals surface area contributed by atoms with Crippen LogP contribution in [0.3, 0.4) is 0 Å². The van der Waals surface area contributed by atoms with Gasteiger partial charge < -0.3 is 15.0 Å². The first-order valence-electron chi connectivity index (χ1n) is 8.49. The lowest BCUT2D eigenvalue weighted by Gasteiger charge is -2.34. The Morgan fingerprint density at radius 2 is 2.25 bits per heavy atom. The van der Waals surface area contributed by atoms with E-state index >= 15 is 0 Å². The quantitative estimate of drug-likeness (QED) is 0.888. The van der Waals surface area contributed by atoms with E-state index in [1.54, 1.807) is 6.20 Å². The Morgan fingerprint density at radius 3 is 3.00 bits per heavy atom. The molecule has 0 spiro atoms. The molecule has 0 radical (unpaired) electrons. The van der Waals surface area contributed by atoms with Gasteiger partial charge in [0.25, 0.3) is 5.91 Å². The Bertz CT molecular complexity index is 665. The number of likely N-dealkylation sites (tertiary alicyclic amines) is 1. The van der Waals surface area contributed by atoms with Crippen LogP contribution in [0.25, 0.3) is 0 Å². The van der Waals surface area contributed by atoms with Crippen LogP contribution in [0.5, 0.6) is 0 Å². The predicted molar refractivity (Wildman–Crippen MR) is 89.3 cm³/mol. The number of hydrogen-bond acceptors (Lipinski definition) is 4. The molecule has 0 saturated carbocycles. The minimum atomic E-state index is -0.124. The topological polar surface area (TPSA) is 87.3 Å². The molecule has 1 fully saturated rings. The van der Waals surface area contributed by atoms with Crippen molar-refractivity contribution in [1.29, 1.82) is 0 Å². The third kappa shape index (κ3) is 3.44. The highest BCUT2D eigenvalue weighted by molar-refractivity contribution is 5.94. The fourth-order valence-corrected chi connectivity index (χ4v) is 3.48. The Labute approximate surface area is 141 Å². The number of carbonyl (C=O) groups excluding carboxylic acids is 2. The third-order valence-electron chi connectivity index (χ3n) is 4.67. The maximum absolute atomic E-state index is 12.8. The van der Waals surface area contributed by atoms with Crippen LogP contribution in [0.1, 0.15) is 51.1 Å². The molecule has 0 aromatic carbocycles. The van der Waals surface area contributed by atoms with E-state index in [9.17, 15) is 9.59 Å². The van der Waals surface area contributed by atoms with Crippen LogP contribution in [0, 0.1) is 0 Å². The number of amides is 2. The molecule has 0 bridgehead atoms. The maximum atomic E-state index is 12.8. The number of aromatic nitrogens is 2. The van der Waals surface area contributed by atoms with Crippen molar-refractivity contribution in [3.63, 3.8) is 0 Å². The van der Waals surface area contributed by atoms with Gasteiger partial charge in [0.05, 0.1) is 29.8 Å². The normalized spacial score (nSPS) is 21.4. The van der Waals surface area contributed by atoms with Crippen LogP contribution >= 0.6 is 0 Å². The average Bonchev–Trinajstić information content (AvgIpc) is 3.02.